The highest BCUT2D eigenvalue weighted by Crippen LogP contribution is 2.77. The normalized spacial score (nSPS) is 47.9. The van der Waals surface area contributed by atoms with Gasteiger partial charge in [0.1, 0.15) is 6.07 Å². The SMILES string of the molecule is C=C(C)[C@@H]1CC[C@]2(C(=O)NCC)CC[C@]3(C)C(CCC4[C@@]5(C)C=C(C#N)C(=O)C(C)(C)[C@@H]5CC[C@]43C)[C@@H]12. The van der Waals surface area contributed by atoms with Crippen molar-refractivity contribution >= 4 is 11.7 Å². The van der Waals surface area contributed by atoms with Crippen molar-refractivity contribution in [2.24, 2.45) is 56.7 Å². The number of Topliss-reactive ketones (excluding diaryl/α,β-unsaturated/α-hetero) is 1. The van der Waals surface area contributed by atoms with Crippen molar-refractivity contribution in [3.63, 3.8) is 0 Å². The monoisotopic (exact) mass is 504 g/mol. The van der Waals surface area contributed by atoms with Crippen molar-refractivity contribution < 1.29 is 9.59 Å². The molecule has 9 atom stereocenters. The molecule has 2 unspecified atom stereocenters. The van der Waals surface area contributed by atoms with Gasteiger partial charge in [-0.1, -0.05) is 52.8 Å². The Labute approximate surface area is 224 Å². The quantitative estimate of drug-likeness (QED) is 0.420. The van der Waals surface area contributed by atoms with Gasteiger partial charge in [-0.15, -0.1) is 0 Å². The van der Waals surface area contributed by atoms with Gasteiger partial charge in [0, 0.05) is 12.0 Å². The smallest absolute Gasteiger partial charge is 0.226 e. The number of nitriles is 1. The molecule has 4 heteroatoms. The van der Waals surface area contributed by atoms with E-state index in [1.165, 1.54) is 5.57 Å². The Kier molecular flexibility index (Phi) is 5.99. The first-order chi connectivity index (χ1) is 17.2. The van der Waals surface area contributed by atoms with Crippen LogP contribution in [0.5, 0.6) is 0 Å². The zero-order chi connectivity index (χ0) is 27.2. The van der Waals surface area contributed by atoms with Crippen molar-refractivity contribution in [1.82, 2.24) is 5.32 Å². The van der Waals surface area contributed by atoms with Gasteiger partial charge in [-0.3, -0.25) is 9.59 Å². The fourth-order valence-electron chi connectivity index (χ4n) is 11.5. The Bertz CT molecular complexity index is 1110. The number of rotatable bonds is 3. The molecular weight excluding hydrogens is 456 g/mol. The Hall–Kier alpha value is -1.89. The lowest BCUT2D eigenvalue weighted by molar-refractivity contribution is -0.218. The van der Waals surface area contributed by atoms with Gasteiger partial charge in [0.2, 0.25) is 5.91 Å². The molecule has 37 heavy (non-hydrogen) atoms. The molecule has 5 rings (SSSR count). The molecule has 1 amide bonds. The van der Waals surface area contributed by atoms with Gasteiger partial charge >= 0.3 is 0 Å². The Morgan fingerprint density at radius 2 is 1.73 bits per heavy atom. The zero-order valence-electron chi connectivity index (χ0n) is 24.3. The van der Waals surface area contributed by atoms with E-state index in [0.29, 0.717) is 35.8 Å². The number of nitrogens with zero attached hydrogens (tertiary/aromatic N) is 1. The largest absolute Gasteiger partial charge is 0.356 e. The average Bonchev–Trinajstić information content (AvgIpc) is 3.23. The molecule has 0 saturated heterocycles. The number of carbonyl (C=O) groups is 2. The molecule has 0 aromatic heterocycles. The summed E-state index contributed by atoms with van der Waals surface area (Å²) in [6.07, 6.45) is 10.6. The van der Waals surface area contributed by atoms with Crippen LogP contribution in [-0.4, -0.2) is 18.2 Å². The van der Waals surface area contributed by atoms with E-state index in [1.54, 1.807) is 0 Å². The molecule has 0 heterocycles. The van der Waals surface area contributed by atoms with Crippen molar-refractivity contribution in [2.45, 2.75) is 99.8 Å². The Morgan fingerprint density at radius 1 is 1.03 bits per heavy atom. The van der Waals surface area contributed by atoms with Gasteiger partial charge in [0.25, 0.3) is 0 Å². The van der Waals surface area contributed by atoms with Crippen LogP contribution in [0.25, 0.3) is 0 Å². The lowest BCUT2D eigenvalue weighted by Crippen LogP contribution is -2.66. The first kappa shape index (κ1) is 26.7. The highest BCUT2D eigenvalue weighted by molar-refractivity contribution is 6.04. The number of allylic oxidation sites excluding steroid dienone is 3. The Balaban J connectivity index is 1.60. The highest BCUT2D eigenvalue weighted by atomic mass is 16.2. The molecule has 1 N–H and O–H groups in total. The van der Waals surface area contributed by atoms with E-state index in [1.807, 2.05) is 6.92 Å². The van der Waals surface area contributed by atoms with Crippen LogP contribution in [0.4, 0.5) is 0 Å². The van der Waals surface area contributed by atoms with Gasteiger partial charge in [-0.05, 0) is 111 Å². The van der Waals surface area contributed by atoms with Crippen LogP contribution in [0.1, 0.15) is 99.8 Å². The van der Waals surface area contributed by atoms with E-state index >= 15 is 0 Å². The third-order valence-corrected chi connectivity index (χ3v) is 13.3. The van der Waals surface area contributed by atoms with Gasteiger partial charge in [-0.25, -0.2) is 0 Å². The maximum atomic E-state index is 13.7. The summed E-state index contributed by atoms with van der Waals surface area (Å²) in [6, 6.07) is 2.28. The molecule has 5 aliphatic carbocycles. The molecule has 4 saturated carbocycles. The third kappa shape index (κ3) is 3.18. The minimum Gasteiger partial charge on any atom is -0.356 e. The molecule has 4 fully saturated rings. The van der Waals surface area contributed by atoms with Crippen molar-refractivity contribution in [3.05, 3.63) is 23.8 Å². The number of nitrogens with one attached hydrogen (secondary N) is 1. The number of amides is 1. The number of hydrogen-bond donors (Lipinski definition) is 1. The minimum absolute atomic E-state index is 0.0283. The summed E-state index contributed by atoms with van der Waals surface area (Å²) in [4.78, 5) is 27.0. The molecule has 202 valence electrons. The van der Waals surface area contributed by atoms with Gasteiger partial charge in [-0.2, -0.15) is 5.26 Å². The van der Waals surface area contributed by atoms with E-state index in [2.05, 4.69) is 65.6 Å². The average molecular weight is 505 g/mol. The molecule has 5 aliphatic rings. The van der Waals surface area contributed by atoms with E-state index < -0.39 is 5.41 Å². The van der Waals surface area contributed by atoms with E-state index in [9.17, 15) is 14.9 Å². The van der Waals surface area contributed by atoms with Gasteiger partial charge < -0.3 is 5.32 Å². The zero-order valence-corrected chi connectivity index (χ0v) is 24.3. The summed E-state index contributed by atoms with van der Waals surface area (Å²) in [7, 11) is 0. The second-order valence-electron chi connectivity index (χ2n) is 14.8. The van der Waals surface area contributed by atoms with Crippen LogP contribution in [0.15, 0.2) is 23.8 Å². The lowest BCUT2D eigenvalue weighted by Gasteiger charge is -2.71. The lowest BCUT2D eigenvalue weighted by atomic mass is 9.32. The maximum absolute atomic E-state index is 13.7. The molecule has 0 radical (unpaired) electrons. The second kappa shape index (κ2) is 8.30. The van der Waals surface area contributed by atoms with Crippen LogP contribution < -0.4 is 5.32 Å². The number of carbonyl (C=O) groups excluding carboxylic acids is 2. The predicted molar refractivity (Wildman–Crippen MR) is 147 cm³/mol. The van der Waals surface area contributed by atoms with Crippen LogP contribution in [0, 0.1) is 68.0 Å². The van der Waals surface area contributed by atoms with Crippen LogP contribution in [0.3, 0.4) is 0 Å². The summed E-state index contributed by atoms with van der Waals surface area (Å²) >= 11 is 0. The van der Waals surface area contributed by atoms with E-state index in [-0.39, 0.29) is 39.3 Å². The van der Waals surface area contributed by atoms with Crippen molar-refractivity contribution in [1.29, 1.82) is 5.26 Å². The fourth-order valence-corrected chi connectivity index (χ4v) is 11.5. The van der Waals surface area contributed by atoms with E-state index in [0.717, 1.165) is 51.4 Å². The number of fused-ring (bicyclic) bond motifs is 7. The predicted octanol–water partition coefficient (Wildman–Crippen LogP) is 7.02. The Morgan fingerprint density at radius 3 is 2.35 bits per heavy atom. The first-order valence-corrected chi connectivity index (χ1v) is 14.9. The molecule has 4 nitrogen and oxygen atoms in total. The second-order valence-corrected chi connectivity index (χ2v) is 14.8. The summed E-state index contributed by atoms with van der Waals surface area (Å²) in [5, 5.41) is 13.2. The summed E-state index contributed by atoms with van der Waals surface area (Å²) in [6.45, 7) is 20.9. The number of hydrogen-bond acceptors (Lipinski definition) is 3. The number of ketones is 1. The molecule has 0 spiro atoms. The summed E-state index contributed by atoms with van der Waals surface area (Å²) in [5.41, 5.74) is 0.903. The maximum Gasteiger partial charge on any atom is 0.226 e. The summed E-state index contributed by atoms with van der Waals surface area (Å²) in [5.74, 6) is 2.26. The van der Waals surface area contributed by atoms with Crippen LogP contribution >= 0.6 is 0 Å². The van der Waals surface area contributed by atoms with Gasteiger partial charge in [0.05, 0.1) is 11.0 Å². The van der Waals surface area contributed by atoms with Crippen LogP contribution in [-0.2, 0) is 9.59 Å². The first-order valence-electron chi connectivity index (χ1n) is 14.9. The summed E-state index contributed by atoms with van der Waals surface area (Å²) < 4.78 is 0. The minimum atomic E-state index is -0.510. The highest BCUT2D eigenvalue weighted by Gasteiger charge is 2.71. The molecular formula is C33H48N2O2. The van der Waals surface area contributed by atoms with Crippen molar-refractivity contribution in [2.75, 3.05) is 6.54 Å². The van der Waals surface area contributed by atoms with Crippen molar-refractivity contribution in [3.8, 4) is 6.07 Å². The van der Waals surface area contributed by atoms with Crippen LogP contribution in [0.2, 0.25) is 0 Å². The molecule has 0 bridgehead atoms. The van der Waals surface area contributed by atoms with Gasteiger partial charge in [0.15, 0.2) is 5.78 Å². The topological polar surface area (TPSA) is 70.0 Å². The van der Waals surface area contributed by atoms with E-state index in [4.69, 9.17) is 0 Å². The molecule has 0 aliphatic heterocycles. The molecule has 0 aromatic rings. The third-order valence-electron chi connectivity index (χ3n) is 13.3. The molecule has 0 aromatic carbocycles. The fraction of sp³-hybridized carbons (Fsp3) is 0.788. The standard InChI is InChI=1S/C33H48N2O2/c1-9-35-28(37)33-15-12-22(20(2)3)26(33)23-10-11-25-30(6)18-21(19-34)27(36)29(4,5)24(30)13-14-32(25,8)31(23,7)16-17-33/h18,22-26H,2,9-17H2,1,3-8H3,(H,35,37)/t22-,23?,24-,25?,26+,30-,31+,32+,33-/m0/s1.